The van der Waals surface area contributed by atoms with Gasteiger partial charge in [0.25, 0.3) is 0 Å². The van der Waals surface area contributed by atoms with Crippen LogP contribution in [0.5, 0.6) is 0 Å². The molecule has 0 aliphatic rings. The Labute approximate surface area is 60.5 Å². The van der Waals surface area contributed by atoms with Crippen molar-refractivity contribution in [2.45, 2.75) is 6.92 Å². The molecule has 3 N–H and O–H groups in total. The molecule has 0 aromatic carbocycles. The Morgan fingerprint density at radius 3 is 2.50 bits per heavy atom. The Balaban J connectivity index is 3.77. The predicted octanol–water partition coefficient (Wildman–Crippen LogP) is -0.507. The number of aliphatic hydroxyl groups excluding tert-OH is 1. The molecule has 0 saturated heterocycles. The van der Waals surface area contributed by atoms with Crippen LogP contribution in [0.25, 0.3) is 0 Å². The maximum Gasteiger partial charge on any atom is 0.480 e. The first-order chi connectivity index (χ1) is 4.66. The first-order valence-electron chi connectivity index (χ1n) is 2.98. The molecule has 0 aromatic heterocycles. The summed E-state index contributed by atoms with van der Waals surface area (Å²) >= 11 is 0. The molecule has 0 bridgehead atoms. The molecule has 56 valence electrons. The highest BCUT2D eigenvalue weighted by molar-refractivity contribution is 6.47. The Morgan fingerprint density at radius 2 is 2.10 bits per heavy atom. The second kappa shape index (κ2) is 5.23. The molecule has 0 spiro atoms. The zero-order valence-corrected chi connectivity index (χ0v) is 5.86. The van der Waals surface area contributed by atoms with Gasteiger partial charge in [0, 0.05) is 0 Å². The molecule has 0 rings (SSSR count). The third-order valence-electron chi connectivity index (χ3n) is 0.945. The lowest BCUT2D eigenvalue weighted by Crippen LogP contribution is -2.05. The van der Waals surface area contributed by atoms with Crippen LogP contribution in [-0.4, -0.2) is 28.9 Å². The van der Waals surface area contributed by atoms with Crippen molar-refractivity contribution in [3.63, 3.8) is 0 Å². The fourth-order valence-electron chi connectivity index (χ4n) is 0.450. The van der Waals surface area contributed by atoms with Crippen LogP contribution in [0.2, 0.25) is 0 Å². The largest absolute Gasteiger partial charge is 0.480 e. The van der Waals surface area contributed by atoms with Gasteiger partial charge in [0.05, 0.1) is 6.61 Å². The summed E-state index contributed by atoms with van der Waals surface area (Å²) in [4.78, 5) is 0. The molecule has 4 heteroatoms. The standard InChI is InChI=1S/C6H11BO3/c1-6(3-5-8)2-4-7(9)10/h2-4,8-10H,5H2,1H3/b4-2+,6-3+. The fourth-order valence-corrected chi connectivity index (χ4v) is 0.450. The minimum atomic E-state index is -1.41. The van der Waals surface area contributed by atoms with E-state index in [1.54, 1.807) is 13.0 Å². The van der Waals surface area contributed by atoms with Crippen molar-refractivity contribution in [1.29, 1.82) is 0 Å². The third-order valence-corrected chi connectivity index (χ3v) is 0.945. The van der Waals surface area contributed by atoms with Gasteiger partial charge in [-0.25, -0.2) is 0 Å². The molecule has 3 nitrogen and oxygen atoms in total. The van der Waals surface area contributed by atoms with E-state index in [4.69, 9.17) is 15.2 Å². The topological polar surface area (TPSA) is 60.7 Å². The van der Waals surface area contributed by atoms with Crippen molar-refractivity contribution in [2.75, 3.05) is 6.61 Å². The van der Waals surface area contributed by atoms with Crippen LogP contribution in [0.1, 0.15) is 6.92 Å². The van der Waals surface area contributed by atoms with E-state index in [2.05, 4.69) is 0 Å². The van der Waals surface area contributed by atoms with Crippen molar-refractivity contribution >= 4 is 7.12 Å². The van der Waals surface area contributed by atoms with E-state index in [9.17, 15) is 0 Å². The molecular weight excluding hydrogens is 131 g/mol. The van der Waals surface area contributed by atoms with Crippen molar-refractivity contribution in [3.05, 3.63) is 23.7 Å². The SMILES string of the molecule is CC(/C=C/B(O)O)=C\CO. The van der Waals surface area contributed by atoms with Crippen molar-refractivity contribution < 1.29 is 15.2 Å². The summed E-state index contributed by atoms with van der Waals surface area (Å²) < 4.78 is 0. The number of rotatable bonds is 3. The number of allylic oxidation sites excluding steroid dienone is 2. The lowest BCUT2D eigenvalue weighted by atomic mass is 9.91. The highest BCUT2D eigenvalue weighted by Gasteiger charge is 1.96. The number of hydrogen-bond acceptors (Lipinski definition) is 3. The highest BCUT2D eigenvalue weighted by Crippen LogP contribution is 1.93. The van der Waals surface area contributed by atoms with Gasteiger partial charge in [-0.3, -0.25) is 0 Å². The molecular formula is C6H11BO3. The van der Waals surface area contributed by atoms with Gasteiger partial charge in [-0.1, -0.05) is 23.7 Å². The Kier molecular flexibility index (Phi) is 4.93. The van der Waals surface area contributed by atoms with Crippen LogP contribution >= 0.6 is 0 Å². The van der Waals surface area contributed by atoms with Crippen LogP contribution in [0.15, 0.2) is 23.7 Å². The lowest BCUT2D eigenvalue weighted by molar-refractivity contribution is 0.342. The van der Waals surface area contributed by atoms with E-state index in [1.807, 2.05) is 0 Å². The molecule has 0 atom stereocenters. The maximum atomic E-state index is 8.37. The maximum absolute atomic E-state index is 8.37. The van der Waals surface area contributed by atoms with Gasteiger partial charge in [-0.05, 0) is 6.92 Å². The molecule has 0 aromatic rings. The van der Waals surface area contributed by atoms with E-state index in [0.717, 1.165) is 5.57 Å². The summed E-state index contributed by atoms with van der Waals surface area (Å²) in [6.07, 6.45) is 3.10. The second-order valence-electron chi connectivity index (χ2n) is 1.90. The normalized spacial score (nSPS) is 12.6. The van der Waals surface area contributed by atoms with E-state index in [0.29, 0.717) is 0 Å². The van der Waals surface area contributed by atoms with E-state index >= 15 is 0 Å². The highest BCUT2D eigenvalue weighted by atomic mass is 16.4. The lowest BCUT2D eigenvalue weighted by Gasteiger charge is -1.89. The average Bonchev–Trinajstić information content (AvgIpc) is 1.85. The first kappa shape index (κ1) is 9.42. The Hall–Kier alpha value is -0.575. The Morgan fingerprint density at radius 1 is 1.50 bits per heavy atom. The van der Waals surface area contributed by atoms with Crippen LogP contribution in [0.3, 0.4) is 0 Å². The van der Waals surface area contributed by atoms with Gasteiger partial charge in [0.1, 0.15) is 0 Å². The summed E-state index contributed by atoms with van der Waals surface area (Å²) in [6.45, 7) is 1.73. The van der Waals surface area contributed by atoms with Crippen molar-refractivity contribution in [2.24, 2.45) is 0 Å². The van der Waals surface area contributed by atoms with Gasteiger partial charge in [0.15, 0.2) is 0 Å². The van der Waals surface area contributed by atoms with Crippen molar-refractivity contribution in [1.82, 2.24) is 0 Å². The number of hydrogen-bond donors (Lipinski definition) is 3. The molecule has 0 aliphatic heterocycles. The van der Waals surface area contributed by atoms with Crippen molar-refractivity contribution in [3.8, 4) is 0 Å². The molecule has 0 unspecified atom stereocenters. The zero-order chi connectivity index (χ0) is 7.98. The molecule has 0 heterocycles. The predicted molar refractivity (Wildman–Crippen MR) is 40.2 cm³/mol. The molecule has 0 amide bonds. The third kappa shape index (κ3) is 5.56. The van der Waals surface area contributed by atoms with Crippen LogP contribution in [0.4, 0.5) is 0 Å². The van der Waals surface area contributed by atoms with Gasteiger partial charge in [-0.2, -0.15) is 0 Å². The summed E-state index contributed by atoms with van der Waals surface area (Å²) in [7, 11) is -1.41. The minimum Gasteiger partial charge on any atom is -0.424 e. The quantitative estimate of drug-likeness (QED) is 0.367. The van der Waals surface area contributed by atoms with Crippen LogP contribution < -0.4 is 0 Å². The monoisotopic (exact) mass is 142 g/mol. The minimum absolute atomic E-state index is 0.0301. The molecule has 0 aliphatic carbocycles. The molecule has 0 fully saturated rings. The first-order valence-corrected chi connectivity index (χ1v) is 2.98. The van der Waals surface area contributed by atoms with Gasteiger partial charge in [0.2, 0.25) is 0 Å². The van der Waals surface area contributed by atoms with E-state index in [1.165, 1.54) is 12.1 Å². The van der Waals surface area contributed by atoms with Crippen LogP contribution in [0, 0.1) is 0 Å². The fraction of sp³-hybridized carbons (Fsp3) is 0.333. The summed E-state index contributed by atoms with van der Waals surface area (Å²) in [5.41, 5.74) is 0.801. The summed E-state index contributed by atoms with van der Waals surface area (Å²) in [5.74, 6) is 1.22. The van der Waals surface area contributed by atoms with E-state index < -0.39 is 7.12 Å². The summed E-state index contributed by atoms with van der Waals surface area (Å²) in [5, 5.41) is 25.1. The van der Waals surface area contributed by atoms with E-state index in [-0.39, 0.29) is 6.61 Å². The molecule has 0 radical (unpaired) electrons. The van der Waals surface area contributed by atoms with Gasteiger partial charge < -0.3 is 15.2 Å². The Bertz CT molecular complexity index is 140. The second-order valence-corrected chi connectivity index (χ2v) is 1.90. The van der Waals surface area contributed by atoms with Gasteiger partial charge in [-0.15, -0.1) is 0 Å². The smallest absolute Gasteiger partial charge is 0.424 e. The zero-order valence-electron chi connectivity index (χ0n) is 5.86. The average molecular weight is 142 g/mol. The molecule has 0 saturated carbocycles. The summed E-state index contributed by atoms with van der Waals surface area (Å²) in [6, 6.07) is 0. The molecule has 10 heavy (non-hydrogen) atoms. The van der Waals surface area contributed by atoms with Gasteiger partial charge >= 0.3 is 7.12 Å². The number of aliphatic hydroxyl groups is 1. The van der Waals surface area contributed by atoms with Crippen LogP contribution in [-0.2, 0) is 0 Å².